The molecular formula is C21H23FN2O2. The van der Waals surface area contributed by atoms with Crippen molar-refractivity contribution in [2.75, 3.05) is 14.2 Å². The van der Waals surface area contributed by atoms with E-state index >= 15 is 0 Å². The molecule has 5 heteroatoms. The molecule has 1 N–H and O–H groups in total. The second-order valence-corrected chi connectivity index (χ2v) is 6.55. The van der Waals surface area contributed by atoms with E-state index < -0.39 is 0 Å². The predicted octanol–water partition coefficient (Wildman–Crippen LogP) is 4.39. The Labute approximate surface area is 152 Å². The number of amides is 1. The van der Waals surface area contributed by atoms with Gasteiger partial charge in [-0.15, -0.1) is 0 Å². The fraction of sp³-hybridized carbons (Fsp3) is 0.286. The summed E-state index contributed by atoms with van der Waals surface area (Å²) in [6.07, 6.45) is 0.228. The van der Waals surface area contributed by atoms with Crippen LogP contribution in [0.15, 0.2) is 42.5 Å². The Kier molecular flexibility index (Phi) is 4.98. The van der Waals surface area contributed by atoms with Crippen molar-refractivity contribution in [3.63, 3.8) is 0 Å². The Morgan fingerprint density at radius 2 is 1.92 bits per heavy atom. The van der Waals surface area contributed by atoms with Gasteiger partial charge < -0.3 is 14.6 Å². The van der Waals surface area contributed by atoms with Crippen LogP contribution in [0.25, 0.3) is 10.9 Å². The van der Waals surface area contributed by atoms with E-state index in [0.29, 0.717) is 0 Å². The molecule has 0 fully saturated rings. The van der Waals surface area contributed by atoms with Crippen molar-refractivity contribution in [1.29, 1.82) is 0 Å². The highest BCUT2D eigenvalue weighted by molar-refractivity contribution is 5.90. The number of fused-ring (bicyclic) bond motifs is 1. The predicted molar refractivity (Wildman–Crippen MR) is 101 cm³/mol. The third-order valence-corrected chi connectivity index (χ3v) is 4.98. The van der Waals surface area contributed by atoms with Crippen LogP contribution in [-0.4, -0.2) is 29.9 Å². The highest BCUT2D eigenvalue weighted by Crippen LogP contribution is 2.26. The molecule has 3 aromatic rings. The van der Waals surface area contributed by atoms with Crippen molar-refractivity contribution >= 4 is 16.8 Å². The van der Waals surface area contributed by atoms with Crippen LogP contribution in [0, 0.1) is 12.7 Å². The number of nitrogens with one attached hydrogen (secondary N) is 1. The second kappa shape index (κ2) is 7.20. The molecule has 26 heavy (non-hydrogen) atoms. The van der Waals surface area contributed by atoms with Crippen molar-refractivity contribution in [2.24, 2.45) is 0 Å². The molecule has 0 aliphatic rings. The smallest absolute Gasteiger partial charge is 0.227 e. The number of methoxy groups -OCH3 is 1. The normalized spacial score (nSPS) is 12.2. The number of aromatic nitrogens is 1. The summed E-state index contributed by atoms with van der Waals surface area (Å²) >= 11 is 0. The second-order valence-electron chi connectivity index (χ2n) is 6.55. The Morgan fingerprint density at radius 3 is 2.58 bits per heavy atom. The number of likely N-dealkylation sites (N-methyl/N-ethyl adjacent to an activating group) is 1. The van der Waals surface area contributed by atoms with Crippen molar-refractivity contribution < 1.29 is 13.9 Å². The fourth-order valence-corrected chi connectivity index (χ4v) is 3.18. The number of carbonyl (C=O) groups excluding carboxylic acids is 1. The van der Waals surface area contributed by atoms with Gasteiger partial charge in [0, 0.05) is 23.6 Å². The Hall–Kier alpha value is -2.82. The van der Waals surface area contributed by atoms with E-state index in [4.69, 9.17) is 4.74 Å². The number of benzene rings is 2. The van der Waals surface area contributed by atoms with Gasteiger partial charge in [0.05, 0.1) is 19.6 Å². The van der Waals surface area contributed by atoms with Crippen LogP contribution in [0.5, 0.6) is 5.75 Å². The molecule has 0 aliphatic carbocycles. The summed E-state index contributed by atoms with van der Waals surface area (Å²) in [5, 5.41) is 0.765. The number of aryl methyl sites for hydroxylation is 1. The number of H-pyrrole nitrogens is 1. The molecule has 0 spiro atoms. The standard InChI is InChI=1S/C21H23FN2O2/c1-13-18(19-11-16(22)7-10-20(19)23-13)12-21(25)24(3)14(2)15-5-8-17(26-4)9-6-15/h5-11,14,23H,12H2,1-4H3. The number of rotatable bonds is 5. The third-order valence-electron chi connectivity index (χ3n) is 4.98. The minimum absolute atomic E-state index is 0.0124. The molecule has 1 amide bonds. The molecule has 3 rings (SSSR count). The van der Waals surface area contributed by atoms with Crippen molar-refractivity contribution in [3.8, 4) is 5.75 Å². The maximum atomic E-state index is 13.6. The summed E-state index contributed by atoms with van der Waals surface area (Å²) in [7, 11) is 3.42. The minimum atomic E-state index is -0.301. The summed E-state index contributed by atoms with van der Waals surface area (Å²) in [5.74, 6) is 0.470. The topological polar surface area (TPSA) is 45.3 Å². The SMILES string of the molecule is COc1ccc(C(C)N(C)C(=O)Cc2c(C)[nH]c3ccc(F)cc23)cc1. The lowest BCUT2D eigenvalue weighted by Crippen LogP contribution is -2.31. The molecule has 0 saturated carbocycles. The minimum Gasteiger partial charge on any atom is -0.497 e. The molecule has 4 nitrogen and oxygen atoms in total. The van der Waals surface area contributed by atoms with Gasteiger partial charge in [0.25, 0.3) is 0 Å². The third kappa shape index (κ3) is 3.43. The van der Waals surface area contributed by atoms with Crippen LogP contribution in [0.1, 0.15) is 29.8 Å². The number of hydrogen-bond acceptors (Lipinski definition) is 2. The summed E-state index contributed by atoms with van der Waals surface area (Å²) in [6, 6.07) is 12.2. The fourth-order valence-electron chi connectivity index (χ4n) is 3.18. The van der Waals surface area contributed by atoms with E-state index in [2.05, 4.69) is 4.98 Å². The van der Waals surface area contributed by atoms with Crippen LogP contribution >= 0.6 is 0 Å². The van der Waals surface area contributed by atoms with E-state index in [0.717, 1.165) is 33.5 Å². The monoisotopic (exact) mass is 354 g/mol. The molecule has 1 heterocycles. The lowest BCUT2D eigenvalue weighted by molar-refractivity contribution is -0.131. The number of ether oxygens (including phenoxy) is 1. The van der Waals surface area contributed by atoms with Crippen LogP contribution in [0.2, 0.25) is 0 Å². The summed E-state index contributed by atoms with van der Waals surface area (Å²) in [5.41, 5.74) is 3.61. The van der Waals surface area contributed by atoms with Crippen LogP contribution < -0.4 is 4.74 Å². The van der Waals surface area contributed by atoms with E-state index in [9.17, 15) is 9.18 Å². The van der Waals surface area contributed by atoms with Crippen molar-refractivity contribution in [3.05, 3.63) is 65.1 Å². The summed E-state index contributed by atoms with van der Waals surface area (Å²) < 4.78 is 18.8. The summed E-state index contributed by atoms with van der Waals surface area (Å²) in [4.78, 5) is 17.8. The zero-order valence-electron chi connectivity index (χ0n) is 15.5. The number of hydrogen-bond donors (Lipinski definition) is 1. The van der Waals surface area contributed by atoms with Gasteiger partial charge in [0.2, 0.25) is 5.91 Å². The maximum absolute atomic E-state index is 13.6. The molecular weight excluding hydrogens is 331 g/mol. The van der Waals surface area contributed by atoms with Crippen LogP contribution in [0.4, 0.5) is 4.39 Å². The van der Waals surface area contributed by atoms with Gasteiger partial charge in [0.1, 0.15) is 11.6 Å². The molecule has 136 valence electrons. The Bertz CT molecular complexity index is 931. The van der Waals surface area contributed by atoms with Gasteiger partial charge in [-0.2, -0.15) is 0 Å². The van der Waals surface area contributed by atoms with Gasteiger partial charge in [-0.25, -0.2) is 4.39 Å². The van der Waals surface area contributed by atoms with Gasteiger partial charge in [-0.05, 0) is 55.3 Å². The van der Waals surface area contributed by atoms with E-state index in [-0.39, 0.29) is 24.2 Å². The first-order valence-electron chi connectivity index (χ1n) is 8.57. The molecule has 0 aliphatic heterocycles. The number of nitrogens with zero attached hydrogens (tertiary/aromatic N) is 1. The van der Waals surface area contributed by atoms with Gasteiger partial charge in [-0.1, -0.05) is 12.1 Å². The van der Waals surface area contributed by atoms with Gasteiger partial charge in [0.15, 0.2) is 0 Å². The lowest BCUT2D eigenvalue weighted by Gasteiger charge is -2.25. The van der Waals surface area contributed by atoms with Gasteiger partial charge >= 0.3 is 0 Å². The van der Waals surface area contributed by atoms with Crippen LogP contribution in [-0.2, 0) is 11.2 Å². The molecule has 0 bridgehead atoms. The average molecular weight is 354 g/mol. The highest BCUT2D eigenvalue weighted by atomic mass is 19.1. The van der Waals surface area contributed by atoms with Gasteiger partial charge in [-0.3, -0.25) is 4.79 Å². The number of halogens is 1. The zero-order chi connectivity index (χ0) is 18.8. The maximum Gasteiger partial charge on any atom is 0.227 e. The molecule has 0 saturated heterocycles. The Morgan fingerprint density at radius 1 is 1.23 bits per heavy atom. The largest absolute Gasteiger partial charge is 0.497 e. The molecule has 1 atom stereocenters. The number of aromatic amines is 1. The molecule has 1 aromatic heterocycles. The lowest BCUT2D eigenvalue weighted by atomic mass is 10.0. The molecule has 2 aromatic carbocycles. The first-order valence-corrected chi connectivity index (χ1v) is 8.57. The average Bonchev–Trinajstić information content (AvgIpc) is 2.95. The van der Waals surface area contributed by atoms with E-state index in [1.165, 1.54) is 12.1 Å². The molecule has 0 radical (unpaired) electrons. The Balaban J connectivity index is 1.80. The first-order chi connectivity index (χ1) is 12.4. The molecule has 1 unspecified atom stereocenters. The summed E-state index contributed by atoms with van der Waals surface area (Å²) in [6.45, 7) is 3.90. The van der Waals surface area contributed by atoms with E-state index in [1.807, 2.05) is 38.1 Å². The quantitative estimate of drug-likeness (QED) is 0.739. The van der Waals surface area contributed by atoms with Crippen molar-refractivity contribution in [2.45, 2.75) is 26.3 Å². The number of carbonyl (C=O) groups is 1. The zero-order valence-corrected chi connectivity index (χ0v) is 15.5. The first kappa shape index (κ1) is 18.0. The van der Waals surface area contributed by atoms with Crippen molar-refractivity contribution in [1.82, 2.24) is 9.88 Å². The van der Waals surface area contributed by atoms with Crippen LogP contribution in [0.3, 0.4) is 0 Å². The highest BCUT2D eigenvalue weighted by Gasteiger charge is 2.20. The van der Waals surface area contributed by atoms with E-state index in [1.54, 1.807) is 25.1 Å².